The molecule has 0 radical (unpaired) electrons. The van der Waals surface area contributed by atoms with E-state index in [2.05, 4.69) is 136 Å². The summed E-state index contributed by atoms with van der Waals surface area (Å²) in [4.78, 5) is 0. The van der Waals surface area contributed by atoms with Gasteiger partial charge in [-0.1, -0.05) is 0 Å². The number of rotatable bonds is 4. The van der Waals surface area contributed by atoms with E-state index in [1.54, 1.807) is 0 Å². The molecule has 0 nitrogen and oxygen atoms in total. The summed E-state index contributed by atoms with van der Waals surface area (Å²) in [6.45, 7) is 2.32. The van der Waals surface area contributed by atoms with E-state index in [0.717, 1.165) is 0 Å². The molecule has 0 saturated carbocycles. The third-order valence-electron chi connectivity index (χ3n) is 4.45. The van der Waals surface area contributed by atoms with E-state index in [-0.39, 0.29) is 0 Å². The standard InChI is InChI=1S/C20H19BrIP/c1-17(22)23(21,18-11-5-2-6-12-18,19-13-7-3-8-14-19)20-15-9-4-10-16-20/h2-17H,1H3. The third kappa shape index (κ3) is 2.59. The van der Waals surface area contributed by atoms with Gasteiger partial charge >= 0.3 is 161 Å². The van der Waals surface area contributed by atoms with Gasteiger partial charge in [0.1, 0.15) is 0 Å². The Bertz CT molecular complexity index is 673. The second-order valence-electron chi connectivity index (χ2n) is 5.65. The van der Waals surface area contributed by atoms with Crippen molar-refractivity contribution in [1.29, 1.82) is 0 Å². The van der Waals surface area contributed by atoms with Crippen molar-refractivity contribution in [3.05, 3.63) is 91.0 Å². The van der Waals surface area contributed by atoms with Gasteiger partial charge < -0.3 is 0 Å². The molecular formula is C20H19BrIP. The van der Waals surface area contributed by atoms with Crippen molar-refractivity contribution in [1.82, 2.24) is 0 Å². The summed E-state index contributed by atoms with van der Waals surface area (Å²) in [6, 6.07) is 32.7. The quantitative estimate of drug-likeness (QED) is 0.250. The van der Waals surface area contributed by atoms with Crippen LogP contribution in [-0.4, -0.2) is 3.67 Å². The van der Waals surface area contributed by atoms with Gasteiger partial charge in [-0.15, -0.1) is 0 Å². The Labute approximate surface area is 160 Å². The molecule has 0 fully saturated rings. The molecular weight excluding hydrogens is 478 g/mol. The van der Waals surface area contributed by atoms with Crippen molar-refractivity contribution in [3.8, 4) is 0 Å². The van der Waals surface area contributed by atoms with Crippen LogP contribution < -0.4 is 15.9 Å². The molecule has 1 atom stereocenters. The van der Waals surface area contributed by atoms with Crippen molar-refractivity contribution < 1.29 is 0 Å². The fourth-order valence-electron chi connectivity index (χ4n) is 3.22. The van der Waals surface area contributed by atoms with E-state index in [9.17, 15) is 0 Å². The van der Waals surface area contributed by atoms with E-state index in [0.29, 0.717) is 3.67 Å². The monoisotopic (exact) mass is 496 g/mol. The Kier molecular flexibility index (Phi) is 4.96. The molecule has 23 heavy (non-hydrogen) atoms. The maximum atomic E-state index is 4.40. The Morgan fingerprint density at radius 2 is 0.913 bits per heavy atom. The van der Waals surface area contributed by atoms with Crippen LogP contribution in [0, 0.1) is 0 Å². The molecule has 1 unspecified atom stereocenters. The van der Waals surface area contributed by atoms with Crippen LogP contribution in [0.25, 0.3) is 0 Å². The first-order chi connectivity index (χ1) is 11.1. The molecule has 0 aliphatic carbocycles. The van der Waals surface area contributed by atoms with Crippen LogP contribution in [-0.2, 0) is 0 Å². The Hall–Kier alpha value is -0.700. The van der Waals surface area contributed by atoms with Gasteiger partial charge in [-0.05, 0) is 0 Å². The Morgan fingerprint density at radius 1 is 0.652 bits per heavy atom. The number of benzene rings is 3. The molecule has 0 N–H and O–H groups in total. The molecule has 3 rings (SSSR count). The summed E-state index contributed by atoms with van der Waals surface area (Å²) < 4.78 is 0.408. The van der Waals surface area contributed by atoms with Gasteiger partial charge in [0.2, 0.25) is 0 Å². The molecule has 3 aromatic rings. The fourth-order valence-corrected chi connectivity index (χ4v) is 12.6. The van der Waals surface area contributed by atoms with E-state index in [1.165, 1.54) is 15.9 Å². The number of hydrogen-bond acceptors (Lipinski definition) is 0. The van der Waals surface area contributed by atoms with Crippen molar-refractivity contribution in [2.75, 3.05) is 0 Å². The van der Waals surface area contributed by atoms with Gasteiger partial charge in [-0.3, -0.25) is 0 Å². The average Bonchev–Trinajstić information content (AvgIpc) is 2.63. The fraction of sp³-hybridized carbons (Fsp3) is 0.100. The molecule has 0 amide bonds. The molecule has 0 heterocycles. The van der Waals surface area contributed by atoms with Gasteiger partial charge in [0.05, 0.1) is 0 Å². The van der Waals surface area contributed by atoms with E-state index < -0.39 is 5.31 Å². The third-order valence-corrected chi connectivity index (χ3v) is 20.9. The van der Waals surface area contributed by atoms with Crippen LogP contribution in [0.15, 0.2) is 91.0 Å². The van der Waals surface area contributed by atoms with Gasteiger partial charge in [0.25, 0.3) is 0 Å². The summed E-state index contributed by atoms with van der Waals surface area (Å²) >= 11 is 7.00. The van der Waals surface area contributed by atoms with Gasteiger partial charge in [-0.25, -0.2) is 0 Å². The molecule has 0 bridgehead atoms. The molecule has 0 aromatic heterocycles. The molecule has 3 heteroatoms. The topological polar surface area (TPSA) is 0 Å². The molecule has 0 aliphatic rings. The average molecular weight is 497 g/mol. The first-order valence-corrected chi connectivity index (χ1v) is 13.2. The molecule has 118 valence electrons. The van der Waals surface area contributed by atoms with Crippen LogP contribution in [0.4, 0.5) is 0 Å². The zero-order chi connectivity index (χ0) is 16.4. The summed E-state index contributed by atoms with van der Waals surface area (Å²) in [6.07, 6.45) is 0. The van der Waals surface area contributed by atoms with Crippen molar-refractivity contribution in [2.24, 2.45) is 0 Å². The first kappa shape index (κ1) is 17.1. The minimum atomic E-state index is -2.71. The predicted molar refractivity (Wildman–Crippen MR) is 118 cm³/mol. The number of hydrogen-bond donors (Lipinski definition) is 0. The summed E-state index contributed by atoms with van der Waals surface area (Å²) in [7, 11) is 0. The second-order valence-corrected chi connectivity index (χ2v) is 17.4. The van der Waals surface area contributed by atoms with Gasteiger partial charge in [0.15, 0.2) is 0 Å². The van der Waals surface area contributed by atoms with Crippen molar-refractivity contribution in [2.45, 2.75) is 10.6 Å². The van der Waals surface area contributed by atoms with Gasteiger partial charge in [-0.2, -0.15) is 0 Å². The number of alkyl halides is 1. The van der Waals surface area contributed by atoms with E-state index in [1.807, 2.05) is 0 Å². The first-order valence-electron chi connectivity index (χ1n) is 7.63. The Balaban J connectivity index is 2.47. The SMILES string of the molecule is CC(I)P(Br)(c1ccccc1)(c1ccccc1)c1ccccc1. The zero-order valence-corrected chi connectivity index (χ0v) is 17.6. The molecule has 0 spiro atoms. The number of halogens is 2. The van der Waals surface area contributed by atoms with Crippen LogP contribution in [0.3, 0.4) is 0 Å². The summed E-state index contributed by atoms with van der Waals surface area (Å²) in [5, 5.41) is 1.41. The molecule has 0 aliphatic heterocycles. The van der Waals surface area contributed by atoms with Crippen LogP contribution in [0.5, 0.6) is 0 Å². The molecule has 0 saturated heterocycles. The second kappa shape index (κ2) is 6.66. The molecule has 3 aromatic carbocycles. The normalized spacial score (nSPS) is 14.7. The van der Waals surface area contributed by atoms with Crippen LogP contribution in [0.2, 0.25) is 0 Å². The predicted octanol–water partition coefficient (Wildman–Crippen LogP) is 5.61. The summed E-state index contributed by atoms with van der Waals surface area (Å²) in [5.74, 6) is 0. The van der Waals surface area contributed by atoms with E-state index >= 15 is 0 Å². The van der Waals surface area contributed by atoms with Crippen molar-refractivity contribution in [3.63, 3.8) is 0 Å². The Morgan fingerprint density at radius 3 is 1.13 bits per heavy atom. The minimum absolute atomic E-state index is 0.408. The zero-order valence-electron chi connectivity index (χ0n) is 12.9. The van der Waals surface area contributed by atoms with Crippen molar-refractivity contribution >= 4 is 59.3 Å². The van der Waals surface area contributed by atoms with Crippen LogP contribution in [0.1, 0.15) is 6.92 Å². The maximum absolute atomic E-state index is 4.40. The van der Waals surface area contributed by atoms with Crippen LogP contribution >= 0.6 is 43.4 Å². The van der Waals surface area contributed by atoms with Gasteiger partial charge in [0, 0.05) is 0 Å². The van der Waals surface area contributed by atoms with E-state index in [4.69, 9.17) is 0 Å². The summed E-state index contributed by atoms with van der Waals surface area (Å²) in [5.41, 5.74) is 0.